The summed E-state index contributed by atoms with van der Waals surface area (Å²) in [5.74, 6) is 2.18. The molecule has 1 fully saturated rings. The van der Waals surface area contributed by atoms with Crippen LogP contribution < -0.4 is 16.0 Å². The number of amides is 3. The van der Waals surface area contributed by atoms with Gasteiger partial charge in [0.1, 0.15) is 17.1 Å². The highest BCUT2D eigenvalue weighted by Gasteiger charge is 2.45. The summed E-state index contributed by atoms with van der Waals surface area (Å²) in [6.45, 7) is 8.50. The molecule has 8 heteroatoms. The number of carbonyl (C=O) groups excluding carboxylic acids is 2. The van der Waals surface area contributed by atoms with Gasteiger partial charge in [-0.15, -0.1) is 0 Å². The molecule has 2 atom stereocenters. The number of imide groups is 1. The van der Waals surface area contributed by atoms with Crippen molar-refractivity contribution < 1.29 is 14.0 Å². The smallest absolute Gasteiger partial charge is 0.325 e. The van der Waals surface area contributed by atoms with Crippen molar-refractivity contribution in [3.8, 4) is 0 Å². The lowest BCUT2D eigenvalue weighted by Crippen LogP contribution is -2.43. The van der Waals surface area contributed by atoms with Gasteiger partial charge in [0, 0.05) is 20.1 Å². The number of guanidine groups is 1. The normalized spacial score (nSPS) is 21.7. The van der Waals surface area contributed by atoms with E-state index in [0.29, 0.717) is 31.9 Å². The van der Waals surface area contributed by atoms with Crippen molar-refractivity contribution in [2.45, 2.75) is 52.1 Å². The highest BCUT2D eigenvalue weighted by atomic mass is 16.3. The van der Waals surface area contributed by atoms with Gasteiger partial charge >= 0.3 is 6.03 Å². The second-order valence-corrected chi connectivity index (χ2v) is 6.74. The van der Waals surface area contributed by atoms with Crippen LogP contribution in [0.5, 0.6) is 0 Å². The van der Waals surface area contributed by atoms with Crippen molar-refractivity contribution in [3.05, 3.63) is 23.7 Å². The Morgan fingerprint density at radius 2 is 2.15 bits per heavy atom. The maximum absolute atomic E-state index is 12.3. The van der Waals surface area contributed by atoms with Crippen LogP contribution in [-0.4, -0.2) is 48.5 Å². The van der Waals surface area contributed by atoms with Crippen LogP contribution in [0, 0.1) is 6.92 Å². The summed E-state index contributed by atoms with van der Waals surface area (Å²) in [6, 6.07) is 3.52. The van der Waals surface area contributed by atoms with E-state index < -0.39 is 5.54 Å². The van der Waals surface area contributed by atoms with Crippen LogP contribution in [0.25, 0.3) is 0 Å². The zero-order valence-corrected chi connectivity index (χ0v) is 16.2. The standard InChI is InChI=1S/C18H29N5O3/c1-6-18(4)15(24)23(17(25)22-18)11-7-10-20-16(19-5)21-13(3)14-9-8-12(2)26-14/h8-9,13H,6-7,10-11H2,1-5H3,(H,22,25)(H2,19,20,21). The minimum absolute atomic E-state index is 0.0221. The van der Waals surface area contributed by atoms with Gasteiger partial charge in [-0.2, -0.15) is 0 Å². The van der Waals surface area contributed by atoms with Crippen molar-refractivity contribution in [1.82, 2.24) is 20.9 Å². The number of furan rings is 1. The first-order valence-corrected chi connectivity index (χ1v) is 8.98. The van der Waals surface area contributed by atoms with Crippen molar-refractivity contribution in [3.63, 3.8) is 0 Å². The van der Waals surface area contributed by atoms with Crippen LogP contribution in [0.15, 0.2) is 21.5 Å². The fraction of sp³-hybridized carbons (Fsp3) is 0.611. The third kappa shape index (κ3) is 4.36. The highest BCUT2D eigenvalue weighted by molar-refractivity contribution is 6.06. The zero-order chi connectivity index (χ0) is 19.3. The third-order valence-corrected chi connectivity index (χ3v) is 4.67. The molecule has 0 radical (unpaired) electrons. The molecule has 144 valence electrons. The second kappa shape index (κ2) is 8.25. The average molecular weight is 363 g/mol. The molecule has 8 nitrogen and oxygen atoms in total. The second-order valence-electron chi connectivity index (χ2n) is 6.74. The topological polar surface area (TPSA) is 99.0 Å². The number of urea groups is 1. The Morgan fingerprint density at radius 3 is 2.69 bits per heavy atom. The maximum atomic E-state index is 12.3. The molecule has 26 heavy (non-hydrogen) atoms. The van der Waals surface area contributed by atoms with Gasteiger partial charge in [0.15, 0.2) is 5.96 Å². The Balaban J connectivity index is 1.78. The van der Waals surface area contributed by atoms with Crippen LogP contribution in [0.2, 0.25) is 0 Å². The molecule has 1 aromatic heterocycles. The van der Waals surface area contributed by atoms with Crippen molar-refractivity contribution in [1.29, 1.82) is 0 Å². The first kappa shape index (κ1) is 19.8. The Labute approximate surface area is 154 Å². The molecule has 2 rings (SSSR count). The highest BCUT2D eigenvalue weighted by Crippen LogP contribution is 2.20. The van der Waals surface area contributed by atoms with Crippen molar-refractivity contribution in [2.24, 2.45) is 4.99 Å². The number of aryl methyl sites for hydroxylation is 1. The molecular formula is C18H29N5O3. The Morgan fingerprint density at radius 1 is 1.42 bits per heavy atom. The minimum atomic E-state index is -0.779. The van der Waals surface area contributed by atoms with E-state index in [9.17, 15) is 9.59 Å². The molecule has 2 unspecified atom stereocenters. The Hall–Kier alpha value is -2.51. The number of hydrogen-bond acceptors (Lipinski definition) is 4. The third-order valence-electron chi connectivity index (χ3n) is 4.67. The fourth-order valence-electron chi connectivity index (χ4n) is 2.79. The van der Waals surface area contributed by atoms with Gasteiger partial charge in [0.05, 0.1) is 6.04 Å². The van der Waals surface area contributed by atoms with Crippen LogP contribution in [-0.2, 0) is 4.79 Å². The van der Waals surface area contributed by atoms with Gasteiger partial charge in [-0.3, -0.25) is 14.7 Å². The number of hydrogen-bond donors (Lipinski definition) is 3. The number of carbonyl (C=O) groups is 2. The molecule has 1 saturated heterocycles. The average Bonchev–Trinajstić information content (AvgIpc) is 3.14. The number of rotatable bonds is 7. The van der Waals surface area contributed by atoms with E-state index in [4.69, 9.17) is 4.42 Å². The fourth-order valence-corrected chi connectivity index (χ4v) is 2.79. The van der Waals surface area contributed by atoms with E-state index in [2.05, 4.69) is 20.9 Å². The monoisotopic (exact) mass is 363 g/mol. The van der Waals surface area contributed by atoms with Gasteiger partial charge < -0.3 is 20.4 Å². The van der Waals surface area contributed by atoms with Gasteiger partial charge in [0.25, 0.3) is 5.91 Å². The lowest BCUT2D eigenvalue weighted by atomic mass is 9.99. The van der Waals surface area contributed by atoms with Crippen molar-refractivity contribution in [2.75, 3.05) is 20.1 Å². The number of nitrogens with zero attached hydrogens (tertiary/aromatic N) is 2. The summed E-state index contributed by atoms with van der Waals surface area (Å²) in [5.41, 5.74) is -0.779. The van der Waals surface area contributed by atoms with Gasteiger partial charge in [-0.25, -0.2) is 4.79 Å². The largest absolute Gasteiger partial charge is 0.464 e. The summed E-state index contributed by atoms with van der Waals surface area (Å²) in [6.07, 6.45) is 1.21. The van der Waals surface area contributed by atoms with E-state index >= 15 is 0 Å². The van der Waals surface area contributed by atoms with Crippen LogP contribution in [0.1, 0.15) is 51.2 Å². The van der Waals surface area contributed by atoms with Crippen LogP contribution in [0.4, 0.5) is 4.79 Å². The predicted octanol–water partition coefficient (Wildman–Crippen LogP) is 1.92. The number of aliphatic imine (C=N–C) groups is 1. The van der Waals surface area contributed by atoms with Crippen LogP contribution in [0.3, 0.4) is 0 Å². The summed E-state index contributed by atoms with van der Waals surface area (Å²) in [5, 5.41) is 9.20. The molecule has 3 N–H and O–H groups in total. The molecule has 1 aromatic rings. The molecule has 0 aromatic carbocycles. The molecule has 1 aliphatic heterocycles. The van der Waals surface area contributed by atoms with Crippen LogP contribution >= 0.6 is 0 Å². The quantitative estimate of drug-likeness (QED) is 0.297. The molecule has 0 bridgehead atoms. The summed E-state index contributed by atoms with van der Waals surface area (Å²) < 4.78 is 5.60. The first-order chi connectivity index (χ1) is 12.3. The molecule has 0 spiro atoms. The Kier molecular flexibility index (Phi) is 6.28. The van der Waals surface area contributed by atoms with Gasteiger partial charge in [0.2, 0.25) is 0 Å². The summed E-state index contributed by atoms with van der Waals surface area (Å²) in [4.78, 5) is 29.8. The molecule has 1 aliphatic rings. The zero-order valence-electron chi connectivity index (χ0n) is 16.2. The SMILES string of the molecule is CCC1(C)NC(=O)N(CCCNC(=NC)NC(C)c2ccc(C)o2)C1=O. The maximum Gasteiger partial charge on any atom is 0.325 e. The van der Waals surface area contributed by atoms with E-state index in [1.165, 1.54) is 4.90 Å². The summed E-state index contributed by atoms with van der Waals surface area (Å²) >= 11 is 0. The minimum Gasteiger partial charge on any atom is -0.464 e. The van der Waals surface area contributed by atoms with Gasteiger partial charge in [-0.1, -0.05) is 6.92 Å². The van der Waals surface area contributed by atoms with E-state index in [1.54, 1.807) is 14.0 Å². The molecule has 0 aliphatic carbocycles. The lowest BCUT2D eigenvalue weighted by Gasteiger charge is -2.19. The van der Waals surface area contributed by atoms with Gasteiger partial charge in [-0.05, 0) is 45.7 Å². The first-order valence-electron chi connectivity index (χ1n) is 8.98. The van der Waals surface area contributed by atoms with E-state index in [-0.39, 0.29) is 18.0 Å². The molecule has 2 heterocycles. The molecule has 0 saturated carbocycles. The predicted molar refractivity (Wildman–Crippen MR) is 99.9 cm³/mol. The number of nitrogens with one attached hydrogen (secondary N) is 3. The van der Waals surface area contributed by atoms with E-state index in [1.807, 2.05) is 32.9 Å². The van der Waals surface area contributed by atoms with E-state index in [0.717, 1.165) is 11.5 Å². The summed E-state index contributed by atoms with van der Waals surface area (Å²) in [7, 11) is 1.69. The Bertz CT molecular complexity index is 684. The lowest BCUT2D eigenvalue weighted by molar-refractivity contribution is -0.130. The molecular weight excluding hydrogens is 334 g/mol. The van der Waals surface area contributed by atoms with Crippen molar-refractivity contribution >= 4 is 17.9 Å². The molecule has 3 amide bonds.